The minimum absolute atomic E-state index is 0.00507. The van der Waals surface area contributed by atoms with Crippen LogP contribution >= 0.6 is 11.6 Å². The fraction of sp³-hybridized carbons (Fsp3) is 0.207. The molecule has 3 aliphatic heterocycles. The zero-order valence-corrected chi connectivity index (χ0v) is 20.9. The molecule has 1 amide bonds. The number of hydrogen-bond donors (Lipinski definition) is 0. The van der Waals surface area contributed by atoms with E-state index < -0.39 is 17.4 Å². The van der Waals surface area contributed by atoms with E-state index in [2.05, 4.69) is 0 Å². The molecule has 10 heteroatoms. The number of alkyl halides is 3. The Kier molecular flexibility index (Phi) is 5.19. The summed E-state index contributed by atoms with van der Waals surface area (Å²) >= 11 is 5.94. The van der Waals surface area contributed by atoms with E-state index in [0.29, 0.717) is 57.9 Å². The molecule has 0 saturated heterocycles. The molecule has 4 heterocycles. The standard InChI is InChI=1S/C29H19ClF3NO5/c30-18-7-5-16(6-8-18)22-11-17(26(39-22)29(31,32)33)14-34-21-4-2-1-3-19(21)28(27(34)35)15-38-23-13-25-24(12-20(23)28)36-9-10-37-25/h1-8,11-13H,9-10,14-15H2. The second-order valence-corrected chi connectivity index (χ2v) is 10.0. The Morgan fingerprint density at radius 1 is 0.872 bits per heavy atom. The lowest BCUT2D eigenvalue weighted by Gasteiger charge is -2.24. The Bertz CT molecular complexity index is 1630. The molecule has 0 bridgehead atoms. The Morgan fingerprint density at radius 2 is 1.59 bits per heavy atom. The quantitative estimate of drug-likeness (QED) is 0.285. The highest BCUT2D eigenvalue weighted by atomic mass is 35.5. The van der Waals surface area contributed by atoms with E-state index in [0.717, 1.165) is 0 Å². The Hall–Kier alpha value is -4.11. The summed E-state index contributed by atoms with van der Waals surface area (Å²) in [6.45, 7) is 0.429. The van der Waals surface area contributed by atoms with E-state index in [1.807, 2.05) is 6.07 Å². The third-order valence-electron chi connectivity index (χ3n) is 7.34. The highest BCUT2D eigenvalue weighted by molar-refractivity contribution is 6.30. The average Bonchev–Trinajstić information content (AvgIpc) is 3.59. The van der Waals surface area contributed by atoms with Gasteiger partial charge in [-0.3, -0.25) is 4.79 Å². The number of fused-ring (bicyclic) bond motifs is 5. The second-order valence-electron chi connectivity index (χ2n) is 9.56. The minimum Gasteiger partial charge on any atom is -0.491 e. The zero-order valence-electron chi connectivity index (χ0n) is 20.2. The lowest BCUT2D eigenvalue weighted by molar-refractivity contribution is -0.153. The van der Waals surface area contributed by atoms with Gasteiger partial charge in [-0.1, -0.05) is 29.8 Å². The molecule has 7 rings (SSSR count). The van der Waals surface area contributed by atoms with Crippen LogP contribution in [0.25, 0.3) is 11.3 Å². The van der Waals surface area contributed by atoms with Crippen LogP contribution in [0.3, 0.4) is 0 Å². The van der Waals surface area contributed by atoms with Crippen molar-refractivity contribution < 1.29 is 36.6 Å². The number of carbonyl (C=O) groups excluding carboxylic acids is 1. The molecule has 0 radical (unpaired) electrons. The van der Waals surface area contributed by atoms with Crippen LogP contribution < -0.4 is 19.1 Å². The number of amides is 1. The van der Waals surface area contributed by atoms with Gasteiger partial charge in [0.1, 0.15) is 36.7 Å². The van der Waals surface area contributed by atoms with E-state index in [4.69, 9.17) is 30.2 Å². The third-order valence-corrected chi connectivity index (χ3v) is 7.59. The number of benzene rings is 3. The van der Waals surface area contributed by atoms with Gasteiger partial charge >= 0.3 is 6.18 Å². The number of halogens is 4. The lowest BCUT2D eigenvalue weighted by atomic mass is 9.77. The number of furan rings is 1. The summed E-state index contributed by atoms with van der Waals surface area (Å²) in [5.41, 5.74) is 0.802. The molecule has 198 valence electrons. The fourth-order valence-electron chi connectivity index (χ4n) is 5.58. The first-order valence-corrected chi connectivity index (χ1v) is 12.6. The fourth-order valence-corrected chi connectivity index (χ4v) is 5.71. The van der Waals surface area contributed by atoms with Gasteiger partial charge in [0.05, 0.1) is 6.54 Å². The molecular formula is C29H19ClF3NO5. The molecule has 3 aliphatic rings. The van der Waals surface area contributed by atoms with Gasteiger partial charge in [-0.05, 0) is 48.0 Å². The molecule has 0 fully saturated rings. The van der Waals surface area contributed by atoms with Gasteiger partial charge in [0, 0.05) is 33.5 Å². The van der Waals surface area contributed by atoms with Crippen molar-refractivity contribution in [2.24, 2.45) is 0 Å². The average molecular weight is 554 g/mol. The predicted octanol–water partition coefficient (Wildman–Crippen LogP) is 6.62. The summed E-state index contributed by atoms with van der Waals surface area (Å²) in [5, 5.41) is 0.448. The van der Waals surface area contributed by atoms with Gasteiger partial charge in [0.15, 0.2) is 11.5 Å². The number of anilines is 1. The van der Waals surface area contributed by atoms with Crippen LogP contribution in [0.2, 0.25) is 5.02 Å². The first kappa shape index (κ1) is 24.0. The number of ether oxygens (including phenoxy) is 3. The largest absolute Gasteiger partial charge is 0.491 e. The van der Waals surface area contributed by atoms with E-state index in [1.165, 1.54) is 11.0 Å². The first-order valence-electron chi connectivity index (χ1n) is 12.2. The molecule has 39 heavy (non-hydrogen) atoms. The first-order chi connectivity index (χ1) is 18.8. The lowest BCUT2D eigenvalue weighted by Crippen LogP contribution is -2.42. The summed E-state index contributed by atoms with van der Waals surface area (Å²) in [6.07, 6.45) is -4.76. The molecule has 1 spiro atoms. The van der Waals surface area contributed by atoms with Crippen LogP contribution in [0.15, 0.2) is 71.1 Å². The third kappa shape index (κ3) is 3.60. The summed E-state index contributed by atoms with van der Waals surface area (Å²) in [7, 11) is 0. The molecule has 4 aromatic rings. The van der Waals surface area contributed by atoms with Gasteiger partial charge in [-0.15, -0.1) is 0 Å². The van der Waals surface area contributed by atoms with Gasteiger partial charge in [0.2, 0.25) is 11.7 Å². The van der Waals surface area contributed by atoms with E-state index in [1.54, 1.807) is 54.6 Å². The van der Waals surface area contributed by atoms with Crippen molar-refractivity contribution in [3.8, 4) is 28.6 Å². The van der Waals surface area contributed by atoms with Crippen LogP contribution in [0.5, 0.6) is 17.2 Å². The zero-order chi connectivity index (χ0) is 26.9. The molecular weight excluding hydrogens is 535 g/mol. The normalized spacial score (nSPS) is 19.3. The highest BCUT2D eigenvalue weighted by Gasteiger charge is 2.57. The van der Waals surface area contributed by atoms with Crippen molar-refractivity contribution in [2.75, 3.05) is 24.7 Å². The van der Waals surface area contributed by atoms with Crippen LogP contribution in [0.1, 0.15) is 22.5 Å². The van der Waals surface area contributed by atoms with Crippen molar-refractivity contribution in [2.45, 2.75) is 18.1 Å². The van der Waals surface area contributed by atoms with Gasteiger partial charge in [-0.25, -0.2) is 0 Å². The highest BCUT2D eigenvalue weighted by Crippen LogP contribution is 2.55. The Labute approximate surface area is 225 Å². The molecule has 1 aromatic heterocycles. The van der Waals surface area contributed by atoms with E-state index in [-0.39, 0.29) is 30.4 Å². The summed E-state index contributed by atoms with van der Waals surface area (Å²) < 4.78 is 65.0. The topological polar surface area (TPSA) is 61.1 Å². The van der Waals surface area contributed by atoms with Gasteiger partial charge in [-0.2, -0.15) is 13.2 Å². The van der Waals surface area contributed by atoms with Crippen molar-refractivity contribution in [3.63, 3.8) is 0 Å². The number of hydrogen-bond acceptors (Lipinski definition) is 5. The Balaban J connectivity index is 1.33. The van der Waals surface area contributed by atoms with Crippen molar-refractivity contribution >= 4 is 23.2 Å². The van der Waals surface area contributed by atoms with Crippen LogP contribution in [-0.2, 0) is 22.9 Å². The van der Waals surface area contributed by atoms with Crippen molar-refractivity contribution in [1.29, 1.82) is 0 Å². The SMILES string of the molecule is O=C1N(Cc2cc(-c3ccc(Cl)cc3)oc2C(F)(F)F)c2ccccc2C12COc1cc3c(cc12)OCCO3. The van der Waals surface area contributed by atoms with Gasteiger partial charge < -0.3 is 23.5 Å². The smallest absolute Gasteiger partial charge is 0.449 e. The van der Waals surface area contributed by atoms with E-state index in [9.17, 15) is 18.0 Å². The molecule has 0 N–H and O–H groups in total. The number of rotatable bonds is 3. The van der Waals surface area contributed by atoms with Crippen molar-refractivity contribution in [1.82, 2.24) is 0 Å². The molecule has 1 atom stereocenters. The predicted molar refractivity (Wildman–Crippen MR) is 135 cm³/mol. The maximum atomic E-state index is 14.2. The maximum absolute atomic E-state index is 14.2. The minimum atomic E-state index is -4.76. The Morgan fingerprint density at radius 3 is 2.33 bits per heavy atom. The van der Waals surface area contributed by atoms with Crippen LogP contribution in [-0.4, -0.2) is 25.7 Å². The molecule has 6 nitrogen and oxygen atoms in total. The second kappa shape index (κ2) is 8.44. The van der Waals surface area contributed by atoms with Crippen LogP contribution in [0, 0.1) is 0 Å². The monoisotopic (exact) mass is 553 g/mol. The number of para-hydroxylation sites is 1. The molecule has 0 aliphatic carbocycles. The number of carbonyl (C=O) groups is 1. The number of nitrogens with zero attached hydrogens (tertiary/aromatic N) is 1. The van der Waals surface area contributed by atoms with E-state index >= 15 is 0 Å². The summed E-state index contributed by atoms with van der Waals surface area (Å²) in [4.78, 5) is 15.6. The summed E-state index contributed by atoms with van der Waals surface area (Å²) in [6, 6.07) is 18.2. The summed E-state index contributed by atoms with van der Waals surface area (Å²) in [5.74, 6) is -0.00983. The molecule has 0 saturated carbocycles. The molecule has 3 aromatic carbocycles. The molecule has 1 unspecified atom stereocenters. The van der Waals surface area contributed by atoms with Crippen molar-refractivity contribution in [3.05, 3.63) is 94.2 Å². The van der Waals surface area contributed by atoms with Gasteiger partial charge in [0.25, 0.3) is 0 Å². The van der Waals surface area contributed by atoms with Crippen LogP contribution in [0.4, 0.5) is 18.9 Å². The maximum Gasteiger partial charge on any atom is 0.449 e.